The standard InChI is InChI=1S/C15H22F2N2O2/c1-4-15(3,7-8-20)19-14(21)18-10(2)12-6-5-11(16)9-13(12)17/h5-6,9-10,20H,4,7-8H2,1-3H3,(H2,18,19,21). The summed E-state index contributed by atoms with van der Waals surface area (Å²) in [6.45, 7) is 5.31. The van der Waals surface area contributed by atoms with Crippen molar-refractivity contribution in [3.8, 4) is 0 Å². The minimum absolute atomic E-state index is 0.0350. The van der Waals surface area contributed by atoms with Crippen LogP contribution >= 0.6 is 0 Å². The highest BCUT2D eigenvalue weighted by molar-refractivity contribution is 5.75. The fourth-order valence-corrected chi connectivity index (χ4v) is 2.01. The summed E-state index contributed by atoms with van der Waals surface area (Å²) in [6.07, 6.45) is 1.08. The minimum Gasteiger partial charge on any atom is -0.396 e. The zero-order valence-corrected chi connectivity index (χ0v) is 12.5. The lowest BCUT2D eigenvalue weighted by molar-refractivity contribution is 0.199. The molecule has 2 unspecified atom stereocenters. The molecule has 0 heterocycles. The second kappa shape index (κ2) is 7.36. The molecule has 1 rings (SSSR count). The van der Waals surface area contributed by atoms with Crippen LogP contribution in [0.2, 0.25) is 0 Å². The molecular weight excluding hydrogens is 278 g/mol. The van der Waals surface area contributed by atoms with Gasteiger partial charge in [0.15, 0.2) is 0 Å². The summed E-state index contributed by atoms with van der Waals surface area (Å²) in [5.41, 5.74) is -0.313. The topological polar surface area (TPSA) is 61.4 Å². The molecule has 1 aromatic rings. The Balaban J connectivity index is 2.69. The third kappa shape index (κ3) is 4.97. The molecule has 2 atom stereocenters. The van der Waals surface area contributed by atoms with Gasteiger partial charge in [0.05, 0.1) is 6.04 Å². The predicted octanol–water partition coefficient (Wildman–Crippen LogP) is 2.88. The van der Waals surface area contributed by atoms with E-state index >= 15 is 0 Å². The van der Waals surface area contributed by atoms with E-state index in [0.717, 1.165) is 12.1 Å². The largest absolute Gasteiger partial charge is 0.396 e. The monoisotopic (exact) mass is 300 g/mol. The molecule has 0 bridgehead atoms. The molecule has 0 saturated heterocycles. The first-order chi connectivity index (χ1) is 9.81. The highest BCUT2D eigenvalue weighted by atomic mass is 19.1. The van der Waals surface area contributed by atoms with E-state index in [2.05, 4.69) is 10.6 Å². The number of carbonyl (C=O) groups is 1. The van der Waals surface area contributed by atoms with Crippen molar-refractivity contribution >= 4 is 6.03 Å². The van der Waals surface area contributed by atoms with Gasteiger partial charge in [-0.2, -0.15) is 0 Å². The van der Waals surface area contributed by atoms with Crippen LogP contribution in [0.15, 0.2) is 18.2 Å². The molecule has 2 amide bonds. The molecule has 0 fully saturated rings. The molecule has 4 nitrogen and oxygen atoms in total. The molecule has 6 heteroatoms. The van der Waals surface area contributed by atoms with Crippen molar-refractivity contribution in [2.45, 2.75) is 45.2 Å². The van der Waals surface area contributed by atoms with Crippen molar-refractivity contribution in [2.24, 2.45) is 0 Å². The first-order valence-corrected chi connectivity index (χ1v) is 6.96. The van der Waals surface area contributed by atoms with E-state index in [9.17, 15) is 13.6 Å². The molecule has 0 radical (unpaired) electrons. The maximum absolute atomic E-state index is 13.6. The summed E-state index contributed by atoms with van der Waals surface area (Å²) in [5, 5.41) is 14.4. The van der Waals surface area contributed by atoms with Crippen LogP contribution in [0.5, 0.6) is 0 Å². The highest BCUT2D eigenvalue weighted by Gasteiger charge is 2.24. The number of hydrogen-bond donors (Lipinski definition) is 3. The Morgan fingerprint density at radius 1 is 1.43 bits per heavy atom. The first-order valence-electron chi connectivity index (χ1n) is 6.96. The summed E-state index contributed by atoms with van der Waals surface area (Å²) in [7, 11) is 0. The van der Waals surface area contributed by atoms with E-state index in [1.165, 1.54) is 6.07 Å². The quantitative estimate of drug-likeness (QED) is 0.756. The van der Waals surface area contributed by atoms with Gasteiger partial charge in [0.1, 0.15) is 11.6 Å². The van der Waals surface area contributed by atoms with Gasteiger partial charge in [0, 0.05) is 23.8 Å². The summed E-state index contributed by atoms with van der Waals surface area (Å²) in [6, 6.07) is 2.19. The van der Waals surface area contributed by atoms with Gasteiger partial charge in [-0.1, -0.05) is 13.0 Å². The van der Waals surface area contributed by atoms with Crippen molar-refractivity contribution in [3.63, 3.8) is 0 Å². The van der Waals surface area contributed by atoms with Crippen molar-refractivity contribution in [2.75, 3.05) is 6.61 Å². The third-order valence-corrected chi connectivity index (χ3v) is 3.64. The van der Waals surface area contributed by atoms with Crippen LogP contribution in [-0.2, 0) is 0 Å². The van der Waals surface area contributed by atoms with Crippen molar-refractivity contribution in [3.05, 3.63) is 35.4 Å². The summed E-state index contributed by atoms with van der Waals surface area (Å²) < 4.78 is 26.5. The van der Waals surface area contributed by atoms with Crippen LogP contribution in [0.25, 0.3) is 0 Å². The van der Waals surface area contributed by atoms with Gasteiger partial charge in [-0.3, -0.25) is 0 Å². The lowest BCUT2D eigenvalue weighted by Crippen LogP contribution is -2.50. The number of benzene rings is 1. The molecule has 0 aliphatic heterocycles. The van der Waals surface area contributed by atoms with E-state index in [0.29, 0.717) is 12.8 Å². The molecule has 3 N–H and O–H groups in total. The number of carbonyl (C=O) groups excluding carboxylic acids is 1. The van der Waals surface area contributed by atoms with Gasteiger partial charge in [-0.05, 0) is 32.8 Å². The molecule has 0 spiro atoms. The van der Waals surface area contributed by atoms with Crippen molar-refractivity contribution in [1.82, 2.24) is 10.6 Å². The molecule has 21 heavy (non-hydrogen) atoms. The molecule has 0 saturated carbocycles. The van der Waals surface area contributed by atoms with Gasteiger partial charge < -0.3 is 15.7 Å². The second-order valence-electron chi connectivity index (χ2n) is 5.37. The maximum atomic E-state index is 13.6. The second-order valence-corrected chi connectivity index (χ2v) is 5.37. The Morgan fingerprint density at radius 2 is 2.10 bits per heavy atom. The summed E-state index contributed by atoms with van der Waals surface area (Å²) >= 11 is 0. The number of urea groups is 1. The van der Waals surface area contributed by atoms with Gasteiger partial charge in [-0.15, -0.1) is 0 Å². The average molecular weight is 300 g/mol. The van der Waals surface area contributed by atoms with Crippen molar-refractivity contribution in [1.29, 1.82) is 0 Å². The zero-order chi connectivity index (χ0) is 16.0. The van der Waals surface area contributed by atoms with E-state index < -0.39 is 29.2 Å². The smallest absolute Gasteiger partial charge is 0.315 e. The molecule has 1 aromatic carbocycles. The lowest BCUT2D eigenvalue weighted by Gasteiger charge is -2.30. The normalized spacial score (nSPS) is 15.1. The summed E-state index contributed by atoms with van der Waals surface area (Å²) in [4.78, 5) is 12.0. The lowest BCUT2D eigenvalue weighted by atomic mass is 9.95. The van der Waals surface area contributed by atoms with Crippen molar-refractivity contribution < 1.29 is 18.7 Å². The van der Waals surface area contributed by atoms with Crippen LogP contribution in [0.1, 0.15) is 45.2 Å². The number of rotatable bonds is 6. The Labute approximate surface area is 123 Å². The van der Waals surface area contributed by atoms with E-state index in [4.69, 9.17) is 5.11 Å². The van der Waals surface area contributed by atoms with Crippen LogP contribution < -0.4 is 10.6 Å². The Kier molecular flexibility index (Phi) is 6.08. The molecular formula is C15H22F2N2O2. The van der Waals surface area contributed by atoms with Gasteiger partial charge in [-0.25, -0.2) is 13.6 Å². The Morgan fingerprint density at radius 3 is 2.62 bits per heavy atom. The fraction of sp³-hybridized carbons (Fsp3) is 0.533. The van der Waals surface area contributed by atoms with Gasteiger partial charge in [0.2, 0.25) is 0 Å². The zero-order valence-electron chi connectivity index (χ0n) is 12.5. The SMILES string of the molecule is CCC(C)(CCO)NC(=O)NC(C)c1ccc(F)cc1F. The molecule has 0 aliphatic rings. The number of hydrogen-bond acceptors (Lipinski definition) is 2. The maximum Gasteiger partial charge on any atom is 0.315 e. The number of halogens is 2. The fourth-order valence-electron chi connectivity index (χ4n) is 2.01. The molecule has 0 aromatic heterocycles. The van der Waals surface area contributed by atoms with E-state index in [-0.39, 0.29) is 12.2 Å². The Hall–Kier alpha value is -1.69. The number of amides is 2. The average Bonchev–Trinajstić information content (AvgIpc) is 2.38. The van der Waals surface area contributed by atoms with Gasteiger partial charge in [0.25, 0.3) is 0 Å². The number of aliphatic hydroxyl groups is 1. The highest BCUT2D eigenvalue weighted by Crippen LogP contribution is 2.18. The van der Waals surface area contributed by atoms with E-state index in [1.807, 2.05) is 13.8 Å². The molecule has 118 valence electrons. The number of nitrogens with one attached hydrogen (secondary N) is 2. The first kappa shape index (κ1) is 17.4. The van der Waals surface area contributed by atoms with Gasteiger partial charge >= 0.3 is 6.03 Å². The Bertz CT molecular complexity index is 497. The third-order valence-electron chi connectivity index (χ3n) is 3.64. The van der Waals surface area contributed by atoms with Crippen LogP contribution in [-0.4, -0.2) is 23.3 Å². The van der Waals surface area contributed by atoms with Crippen LogP contribution in [0.3, 0.4) is 0 Å². The number of aliphatic hydroxyl groups excluding tert-OH is 1. The molecule has 0 aliphatic carbocycles. The van der Waals surface area contributed by atoms with Crippen LogP contribution in [0, 0.1) is 11.6 Å². The minimum atomic E-state index is -0.698. The summed E-state index contributed by atoms with van der Waals surface area (Å²) in [5.74, 6) is -1.36. The van der Waals surface area contributed by atoms with Crippen LogP contribution in [0.4, 0.5) is 13.6 Å². The predicted molar refractivity (Wildman–Crippen MR) is 76.8 cm³/mol. The van der Waals surface area contributed by atoms with E-state index in [1.54, 1.807) is 6.92 Å².